The van der Waals surface area contributed by atoms with Crippen molar-refractivity contribution in [3.8, 4) is 17.6 Å². The van der Waals surface area contributed by atoms with Crippen molar-refractivity contribution in [3.05, 3.63) is 91.9 Å². The molecule has 0 saturated carbocycles. The summed E-state index contributed by atoms with van der Waals surface area (Å²) in [5.74, 6) is 1.32. The molecule has 1 fully saturated rings. The third-order valence-electron chi connectivity index (χ3n) is 4.80. The van der Waals surface area contributed by atoms with Crippen LogP contribution in [-0.2, 0) is 11.4 Å². The number of nitrogens with one attached hydrogen (secondary N) is 1. The van der Waals surface area contributed by atoms with Crippen LogP contribution in [-0.4, -0.2) is 17.7 Å². The minimum atomic E-state index is -0.182. The maximum Gasteiger partial charge on any atom is 0.264 e. The molecule has 1 aliphatic heterocycles. The van der Waals surface area contributed by atoms with Gasteiger partial charge in [0.2, 0.25) is 0 Å². The number of thioether (sulfide) groups is 1. The van der Waals surface area contributed by atoms with Crippen LogP contribution < -0.4 is 14.8 Å². The van der Waals surface area contributed by atoms with Crippen LogP contribution >= 0.6 is 34.4 Å². The fraction of sp³-hybridized carbons (Fsp3) is 0.115. The van der Waals surface area contributed by atoms with Crippen LogP contribution in [0, 0.1) is 14.9 Å². The van der Waals surface area contributed by atoms with Crippen LogP contribution in [0.3, 0.4) is 0 Å². The highest BCUT2D eigenvalue weighted by Crippen LogP contribution is 2.30. The van der Waals surface area contributed by atoms with Crippen molar-refractivity contribution in [1.29, 1.82) is 5.26 Å². The number of amidine groups is 1. The van der Waals surface area contributed by atoms with Crippen molar-refractivity contribution < 1.29 is 14.3 Å². The van der Waals surface area contributed by atoms with Crippen molar-refractivity contribution in [3.63, 3.8) is 0 Å². The third kappa shape index (κ3) is 5.98. The Morgan fingerprint density at radius 2 is 1.91 bits per heavy atom. The van der Waals surface area contributed by atoms with E-state index in [0.29, 0.717) is 28.9 Å². The van der Waals surface area contributed by atoms with Gasteiger partial charge >= 0.3 is 0 Å². The number of halogens is 1. The third-order valence-corrected chi connectivity index (χ3v) is 6.56. The first-order chi connectivity index (χ1) is 16.6. The molecular weight excluding hydrogens is 561 g/mol. The minimum Gasteiger partial charge on any atom is -0.494 e. The van der Waals surface area contributed by atoms with Crippen molar-refractivity contribution in [2.75, 3.05) is 6.61 Å². The molecule has 1 amide bonds. The zero-order valence-corrected chi connectivity index (χ0v) is 21.2. The van der Waals surface area contributed by atoms with Crippen molar-refractivity contribution in [1.82, 2.24) is 5.32 Å². The van der Waals surface area contributed by atoms with Crippen LogP contribution in [0.4, 0.5) is 5.69 Å². The molecule has 1 saturated heterocycles. The smallest absolute Gasteiger partial charge is 0.264 e. The van der Waals surface area contributed by atoms with Gasteiger partial charge in [0.25, 0.3) is 5.91 Å². The molecule has 8 heteroatoms. The summed E-state index contributed by atoms with van der Waals surface area (Å²) in [5.41, 5.74) is 3.06. The Labute approximate surface area is 215 Å². The van der Waals surface area contributed by atoms with Gasteiger partial charge in [0.05, 0.1) is 32.4 Å². The lowest BCUT2D eigenvalue weighted by molar-refractivity contribution is -0.115. The molecule has 4 rings (SSSR count). The van der Waals surface area contributed by atoms with Gasteiger partial charge in [-0.05, 0) is 95.4 Å². The largest absolute Gasteiger partial charge is 0.494 e. The highest BCUT2D eigenvalue weighted by atomic mass is 127. The quantitative estimate of drug-likeness (QED) is 0.272. The van der Waals surface area contributed by atoms with E-state index in [1.165, 1.54) is 11.8 Å². The number of hydrogen-bond donors (Lipinski definition) is 1. The van der Waals surface area contributed by atoms with E-state index in [0.717, 1.165) is 31.9 Å². The van der Waals surface area contributed by atoms with E-state index in [9.17, 15) is 10.1 Å². The first-order valence-corrected chi connectivity index (χ1v) is 12.4. The highest BCUT2D eigenvalue weighted by molar-refractivity contribution is 14.1. The van der Waals surface area contributed by atoms with E-state index in [4.69, 9.17) is 9.47 Å². The Balaban J connectivity index is 1.44. The summed E-state index contributed by atoms with van der Waals surface area (Å²) in [6.07, 6.45) is 1.83. The van der Waals surface area contributed by atoms with E-state index in [2.05, 4.69) is 39.0 Å². The van der Waals surface area contributed by atoms with E-state index < -0.39 is 0 Å². The number of hydrogen-bond acceptors (Lipinski definition) is 6. The van der Waals surface area contributed by atoms with Gasteiger partial charge in [-0.25, -0.2) is 4.99 Å². The lowest BCUT2D eigenvalue weighted by Crippen LogP contribution is -2.19. The van der Waals surface area contributed by atoms with Gasteiger partial charge in [-0.2, -0.15) is 5.26 Å². The fourth-order valence-corrected chi connectivity index (χ4v) is 4.70. The summed E-state index contributed by atoms with van der Waals surface area (Å²) in [6.45, 7) is 2.85. The van der Waals surface area contributed by atoms with Gasteiger partial charge in [0.1, 0.15) is 18.1 Å². The number of ether oxygens (including phenoxy) is 2. The topological polar surface area (TPSA) is 83.7 Å². The van der Waals surface area contributed by atoms with Crippen LogP contribution in [0.2, 0.25) is 0 Å². The molecule has 6 nitrogen and oxygen atoms in total. The predicted molar refractivity (Wildman–Crippen MR) is 143 cm³/mol. The number of carbonyl (C=O) groups is 1. The molecule has 0 aliphatic carbocycles. The van der Waals surface area contributed by atoms with Gasteiger partial charge < -0.3 is 14.8 Å². The van der Waals surface area contributed by atoms with Crippen LogP contribution in [0.15, 0.2) is 76.6 Å². The van der Waals surface area contributed by atoms with Gasteiger partial charge in [0, 0.05) is 5.56 Å². The average molecular weight is 581 g/mol. The highest BCUT2D eigenvalue weighted by Gasteiger charge is 2.24. The van der Waals surface area contributed by atoms with Crippen LogP contribution in [0.1, 0.15) is 23.6 Å². The zero-order chi connectivity index (χ0) is 23.9. The van der Waals surface area contributed by atoms with Crippen molar-refractivity contribution >= 4 is 57.2 Å². The molecule has 3 aromatic rings. The van der Waals surface area contributed by atoms with Crippen molar-refractivity contribution in [2.45, 2.75) is 13.5 Å². The number of nitriles is 1. The summed E-state index contributed by atoms with van der Waals surface area (Å²) in [5, 5.41) is 12.6. The average Bonchev–Trinajstić information content (AvgIpc) is 3.18. The van der Waals surface area contributed by atoms with Crippen LogP contribution in [0.5, 0.6) is 11.5 Å². The molecule has 0 atom stereocenters. The standard InChI is InChI=1S/C26H20IN3O3S/c1-2-32-21-10-8-20(9-11-21)29-26-30-25(31)24(34-26)14-17-7-12-23(22(27)13-17)33-16-19-6-4-3-5-18(19)15-28/h3-14H,2,16H2,1H3,(H,29,30,31)/b24-14+. The van der Waals surface area contributed by atoms with Gasteiger partial charge in [-0.3, -0.25) is 4.79 Å². The summed E-state index contributed by atoms with van der Waals surface area (Å²) in [4.78, 5) is 17.5. The molecule has 170 valence electrons. The Morgan fingerprint density at radius 1 is 1.12 bits per heavy atom. The monoisotopic (exact) mass is 581 g/mol. The molecular formula is C26H20IN3O3S. The minimum absolute atomic E-state index is 0.182. The second-order valence-corrected chi connectivity index (χ2v) is 9.35. The lowest BCUT2D eigenvalue weighted by atomic mass is 10.1. The molecule has 0 unspecified atom stereocenters. The second-order valence-electron chi connectivity index (χ2n) is 7.16. The molecule has 0 aromatic heterocycles. The molecule has 1 aliphatic rings. The number of benzene rings is 3. The van der Waals surface area contributed by atoms with Crippen LogP contribution in [0.25, 0.3) is 6.08 Å². The van der Waals surface area contributed by atoms with Gasteiger partial charge in [-0.15, -0.1) is 0 Å². The molecule has 3 aromatic carbocycles. The molecule has 34 heavy (non-hydrogen) atoms. The van der Waals surface area contributed by atoms with Gasteiger partial charge in [0.15, 0.2) is 5.17 Å². The molecule has 1 heterocycles. The zero-order valence-electron chi connectivity index (χ0n) is 18.2. The number of amides is 1. The lowest BCUT2D eigenvalue weighted by Gasteiger charge is -2.10. The van der Waals surface area contributed by atoms with Gasteiger partial charge in [-0.1, -0.05) is 24.3 Å². The molecule has 0 radical (unpaired) electrons. The Hall–Kier alpha value is -3.29. The molecule has 1 N–H and O–H groups in total. The summed E-state index contributed by atoms with van der Waals surface area (Å²) < 4.78 is 12.3. The number of nitrogens with zero attached hydrogens (tertiary/aromatic N) is 2. The van der Waals surface area contributed by atoms with Crippen molar-refractivity contribution in [2.24, 2.45) is 4.99 Å². The van der Waals surface area contributed by atoms with E-state index in [1.54, 1.807) is 6.07 Å². The molecule has 0 spiro atoms. The normalized spacial score (nSPS) is 15.3. The summed E-state index contributed by atoms with van der Waals surface area (Å²) in [6, 6.07) is 22.7. The van der Waals surface area contributed by atoms with E-state index in [1.807, 2.05) is 73.7 Å². The Bertz CT molecular complexity index is 1310. The Kier molecular flexibility index (Phi) is 7.87. The molecule has 0 bridgehead atoms. The summed E-state index contributed by atoms with van der Waals surface area (Å²) >= 11 is 3.50. The summed E-state index contributed by atoms with van der Waals surface area (Å²) in [7, 11) is 0. The maximum absolute atomic E-state index is 12.4. The SMILES string of the molecule is CCOc1ccc(N=C2NC(=O)/C(=C\c3ccc(OCc4ccccc4C#N)c(I)c3)S2)cc1. The second kappa shape index (κ2) is 11.2. The Morgan fingerprint density at radius 3 is 2.65 bits per heavy atom. The fourth-order valence-electron chi connectivity index (χ4n) is 3.17. The number of carbonyl (C=O) groups excluding carboxylic acids is 1. The first-order valence-electron chi connectivity index (χ1n) is 10.5. The van der Waals surface area contributed by atoms with E-state index >= 15 is 0 Å². The van der Waals surface area contributed by atoms with E-state index in [-0.39, 0.29) is 5.91 Å². The maximum atomic E-state index is 12.4. The number of aliphatic imine (C=N–C) groups is 1. The first kappa shape index (κ1) is 23.9. The number of rotatable bonds is 7. The predicted octanol–water partition coefficient (Wildman–Crippen LogP) is 6.03.